The van der Waals surface area contributed by atoms with Crippen LogP contribution < -0.4 is 0 Å². The third-order valence-corrected chi connectivity index (χ3v) is 8.85. The minimum atomic E-state index is -0.274. The van der Waals surface area contributed by atoms with Crippen molar-refractivity contribution in [1.82, 2.24) is 0 Å². The van der Waals surface area contributed by atoms with Crippen LogP contribution >= 0.6 is 0 Å². The molecule has 0 heterocycles. The molecule has 2 nitrogen and oxygen atoms in total. The van der Waals surface area contributed by atoms with Crippen LogP contribution in [0.4, 0.5) is 0 Å². The van der Waals surface area contributed by atoms with Crippen LogP contribution in [0.15, 0.2) is 48.5 Å². The first-order valence-corrected chi connectivity index (χ1v) is 14.3. The van der Waals surface area contributed by atoms with Gasteiger partial charge in [0.2, 0.25) is 0 Å². The molecule has 2 saturated carbocycles. The molecule has 0 unspecified atom stereocenters. The van der Waals surface area contributed by atoms with Crippen LogP contribution in [-0.4, -0.2) is 5.78 Å². The molecular weight excluding hydrogens is 426 g/mol. The maximum Gasteiger partial charge on any atom is 0.133 e. The van der Waals surface area contributed by atoms with E-state index in [1.807, 2.05) is 0 Å². The normalized spacial score (nSPS) is 24.7. The number of hydrogen-bond donors (Lipinski definition) is 0. The summed E-state index contributed by atoms with van der Waals surface area (Å²) < 4.78 is 0. The predicted molar refractivity (Wildman–Crippen MR) is 145 cm³/mol. The lowest BCUT2D eigenvalue weighted by atomic mass is 9.60. The zero-order valence-corrected chi connectivity index (χ0v) is 21.7. The number of aryl methyl sites for hydroxylation is 1. The van der Waals surface area contributed by atoms with Gasteiger partial charge in [0, 0.05) is 12.8 Å². The number of Topliss-reactive ketones (excluding diaryl/α,β-unsaturated/α-hetero) is 1. The van der Waals surface area contributed by atoms with Gasteiger partial charge in [-0.3, -0.25) is 4.79 Å². The highest BCUT2D eigenvalue weighted by molar-refractivity contribution is 5.79. The van der Waals surface area contributed by atoms with E-state index in [1.54, 1.807) is 0 Å². The molecule has 0 bridgehead atoms. The Morgan fingerprint density at radius 1 is 0.857 bits per heavy atom. The Hall–Kier alpha value is -2.40. The molecule has 0 aliphatic heterocycles. The Morgan fingerprint density at radius 3 is 2.11 bits per heavy atom. The number of carbonyl (C=O) groups is 1. The van der Waals surface area contributed by atoms with Gasteiger partial charge in [-0.15, -0.1) is 0 Å². The minimum Gasteiger partial charge on any atom is -0.300 e. The second-order valence-electron chi connectivity index (χ2n) is 11.2. The number of carbonyl (C=O) groups excluding carboxylic acids is 1. The third kappa shape index (κ3) is 6.63. The Morgan fingerprint density at radius 2 is 1.49 bits per heavy atom. The molecule has 0 spiro atoms. The SMILES string of the molecule is CCCCCCCCc1ccc(-c2ccc(C3CCC(C#N)([C@@H]4CCCC(=O)C4)CC3)cc2)cc1. The lowest BCUT2D eigenvalue weighted by Crippen LogP contribution is -2.36. The van der Waals surface area contributed by atoms with Crippen molar-refractivity contribution in [2.75, 3.05) is 0 Å². The summed E-state index contributed by atoms with van der Waals surface area (Å²) in [5, 5.41) is 10.0. The van der Waals surface area contributed by atoms with Crippen LogP contribution in [0.3, 0.4) is 0 Å². The molecule has 0 amide bonds. The first-order chi connectivity index (χ1) is 17.1. The van der Waals surface area contributed by atoms with Crippen molar-refractivity contribution >= 4 is 5.78 Å². The highest BCUT2D eigenvalue weighted by Gasteiger charge is 2.43. The first-order valence-electron chi connectivity index (χ1n) is 14.3. The largest absolute Gasteiger partial charge is 0.300 e. The van der Waals surface area contributed by atoms with Crippen LogP contribution in [0, 0.1) is 22.7 Å². The van der Waals surface area contributed by atoms with Crippen LogP contribution in [-0.2, 0) is 11.2 Å². The number of ketones is 1. The molecule has 0 saturated heterocycles. The summed E-state index contributed by atoms with van der Waals surface area (Å²) in [7, 11) is 0. The van der Waals surface area contributed by atoms with E-state index >= 15 is 0 Å². The van der Waals surface area contributed by atoms with E-state index in [0.29, 0.717) is 18.1 Å². The van der Waals surface area contributed by atoms with Crippen molar-refractivity contribution in [3.63, 3.8) is 0 Å². The molecule has 2 aromatic rings. The molecule has 4 rings (SSSR count). The summed E-state index contributed by atoms with van der Waals surface area (Å²) in [5.41, 5.74) is 5.15. The lowest BCUT2D eigenvalue weighted by Gasteiger charge is -2.42. The second-order valence-corrected chi connectivity index (χ2v) is 11.2. The molecule has 0 radical (unpaired) electrons. The molecule has 2 aromatic carbocycles. The zero-order chi connectivity index (χ0) is 24.5. The fraction of sp³-hybridized carbons (Fsp3) is 0.576. The molecule has 2 fully saturated rings. The monoisotopic (exact) mass is 469 g/mol. The number of unbranched alkanes of at least 4 members (excludes halogenated alkanes) is 5. The van der Waals surface area contributed by atoms with Gasteiger partial charge in [-0.05, 0) is 85.5 Å². The van der Waals surface area contributed by atoms with E-state index < -0.39 is 0 Å². The van der Waals surface area contributed by atoms with Gasteiger partial charge >= 0.3 is 0 Å². The fourth-order valence-electron chi connectivity index (χ4n) is 6.49. The van der Waals surface area contributed by atoms with Crippen molar-refractivity contribution in [3.05, 3.63) is 59.7 Å². The van der Waals surface area contributed by atoms with Gasteiger partial charge in [-0.1, -0.05) is 87.6 Å². The van der Waals surface area contributed by atoms with E-state index in [1.165, 1.54) is 67.2 Å². The lowest BCUT2D eigenvalue weighted by molar-refractivity contribution is -0.123. The first kappa shape index (κ1) is 25.7. The smallest absolute Gasteiger partial charge is 0.133 e. The number of rotatable bonds is 10. The topological polar surface area (TPSA) is 40.9 Å². The molecule has 35 heavy (non-hydrogen) atoms. The molecule has 0 N–H and O–H groups in total. The summed E-state index contributed by atoms with van der Waals surface area (Å²) in [5.74, 6) is 1.18. The second kappa shape index (κ2) is 12.5. The molecular formula is C33H43NO. The summed E-state index contributed by atoms with van der Waals surface area (Å²) in [6, 6.07) is 21.0. The summed E-state index contributed by atoms with van der Waals surface area (Å²) >= 11 is 0. The molecule has 2 aliphatic carbocycles. The number of hydrogen-bond acceptors (Lipinski definition) is 2. The van der Waals surface area contributed by atoms with E-state index in [2.05, 4.69) is 61.5 Å². The van der Waals surface area contributed by atoms with Crippen LogP contribution in [0.5, 0.6) is 0 Å². The number of benzene rings is 2. The van der Waals surface area contributed by atoms with Gasteiger partial charge < -0.3 is 0 Å². The molecule has 1 atom stereocenters. The third-order valence-electron chi connectivity index (χ3n) is 8.85. The maximum absolute atomic E-state index is 12.0. The average molecular weight is 470 g/mol. The minimum absolute atomic E-state index is 0.274. The van der Waals surface area contributed by atoms with E-state index in [4.69, 9.17) is 0 Å². The van der Waals surface area contributed by atoms with Crippen molar-refractivity contribution < 1.29 is 4.79 Å². The van der Waals surface area contributed by atoms with Gasteiger partial charge in [-0.25, -0.2) is 0 Å². The van der Waals surface area contributed by atoms with Gasteiger partial charge in [0.15, 0.2) is 0 Å². The Bertz CT molecular complexity index is 973. The Balaban J connectivity index is 1.29. The van der Waals surface area contributed by atoms with E-state index in [0.717, 1.165) is 44.9 Å². The van der Waals surface area contributed by atoms with Gasteiger partial charge in [0.1, 0.15) is 5.78 Å². The average Bonchev–Trinajstić information content (AvgIpc) is 2.91. The van der Waals surface area contributed by atoms with Crippen molar-refractivity contribution in [3.8, 4) is 17.2 Å². The summed E-state index contributed by atoms with van der Waals surface area (Å²) in [6.07, 6.45) is 16.6. The molecule has 2 aliphatic rings. The van der Waals surface area contributed by atoms with Gasteiger partial charge in [0.25, 0.3) is 0 Å². The number of nitriles is 1. The number of nitrogens with zero attached hydrogens (tertiary/aromatic N) is 1. The van der Waals surface area contributed by atoms with Crippen molar-refractivity contribution in [2.24, 2.45) is 11.3 Å². The van der Waals surface area contributed by atoms with Crippen molar-refractivity contribution in [1.29, 1.82) is 5.26 Å². The molecule has 186 valence electrons. The fourth-order valence-corrected chi connectivity index (χ4v) is 6.49. The van der Waals surface area contributed by atoms with Crippen LogP contribution in [0.25, 0.3) is 11.1 Å². The van der Waals surface area contributed by atoms with Gasteiger partial charge in [0.05, 0.1) is 11.5 Å². The van der Waals surface area contributed by atoms with Gasteiger partial charge in [-0.2, -0.15) is 5.26 Å². The van der Waals surface area contributed by atoms with Crippen LogP contribution in [0.2, 0.25) is 0 Å². The quantitative estimate of drug-likeness (QED) is 0.325. The molecule has 2 heteroatoms. The maximum atomic E-state index is 12.0. The Labute approximate surface area is 213 Å². The molecule has 0 aromatic heterocycles. The van der Waals surface area contributed by atoms with E-state index in [-0.39, 0.29) is 11.3 Å². The Kier molecular flexibility index (Phi) is 9.19. The summed E-state index contributed by atoms with van der Waals surface area (Å²) in [6.45, 7) is 2.27. The van der Waals surface area contributed by atoms with Crippen molar-refractivity contribution in [2.45, 2.75) is 109 Å². The summed E-state index contributed by atoms with van der Waals surface area (Å²) in [4.78, 5) is 12.0. The standard InChI is InChI=1S/C33H43NO/c1-2-3-4-5-6-7-9-26-12-14-27(15-13-26)28-16-18-29(19-17-28)30-20-22-33(25-34,23-21-30)31-10-8-11-32(35)24-31/h12-19,30-31H,2-11,20-24H2,1H3/t30?,31-,33?/m1/s1. The zero-order valence-electron chi connectivity index (χ0n) is 21.7. The van der Waals surface area contributed by atoms with Crippen LogP contribution in [0.1, 0.15) is 114 Å². The highest BCUT2D eigenvalue weighted by Crippen LogP contribution is 2.50. The van der Waals surface area contributed by atoms with E-state index in [9.17, 15) is 10.1 Å². The highest BCUT2D eigenvalue weighted by atomic mass is 16.1. The predicted octanol–water partition coefficient (Wildman–Crippen LogP) is 9.18.